The summed E-state index contributed by atoms with van der Waals surface area (Å²) in [4.78, 5) is 13.5. The molecular formula is C22H29N2O4+. The van der Waals surface area contributed by atoms with E-state index in [4.69, 9.17) is 4.74 Å². The van der Waals surface area contributed by atoms with Gasteiger partial charge < -0.3 is 20.3 Å². The quantitative estimate of drug-likeness (QED) is 0.407. The number of quaternary nitrogens is 1. The predicted molar refractivity (Wildman–Crippen MR) is 104 cm³/mol. The Morgan fingerprint density at radius 2 is 2.18 bits per heavy atom. The van der Waals surface area contributed by atoms with Crippen molar-refractivity contribution >= 4 is 11.7 Å². The molecule has 1 saturated carbocycles. The first-order valence-corrected chi connectivity index (χ1v) is 10.1. The number of aliphatic hydroxyl groups is 2. The van der Waals surface area contributed by atoms with Crippen LogP contribution in [0, 0.1) is 11.3 Å². The molecule has 4 fully saturated rings. The third-order valence-electron chi connectivity index (χ3n) is 8.64. The summed E-state index contributed by atoms with van der Waals surface area (Å²) in [5.41, 5.74) is 0.476. The van der Waals surface area contributed by atoms with Crippen LogP contribution in [0.25, 0.3) is 0 Å². The molecule has 0 aromatic heterocycles. The molecule has 6 rings (SSSR count). The highest BCUT2D eigenvalue weighted by Gasteiger charge is 2.88. The predicted octanol–water partition coefficient (Wildman–Crippen LogP) is 1.39. The summed E-state index contributed by atoms with van der Waals surface area (Å²) in [5.74, 6) is -0.629. The Labute approximate surface area is 165 Å². The Morgan fingerprint density at radius 3 is 2.86 bits per heavy atom. The van der Waals surface area contributed by atoms with Crippen molar-refractivity contribution in [2.75, 3.05) is 39.2 Å². The summed E-state index contributed by atoms with van der Waals surface area (Å²) < 4.78 is 5.98. The molecule has 0 radical (unpaired) electrons. The zero-order valence-corrected chi connectivity index (χ0v) is 16.7. The second-order valence-electron chi connectivity index (χ2n) is 9.16. The number of likely N-dealkylation sites (N-methyl/N-ethyl adjacent to an activating group) is 1. The number of methoxy groups -OCH3 is 1. The van der Waals surface area contributed by atoms with Crippen LogP contribution in [0.3, 0.4) is 0 Å². The van der Waals surface area contributed by atoms with Crippen LogP contribution in [-0.2, 0) is 14.9 Å². The Morgan fingerprint density at radius 1 is 1.43 bits per heavy atom. The third-order valence-corrected chi connectivity index (χ3v) is 8.64. The number of aliphatic hydroxyl groups excluding tert-OH is 2. The average molecular weight is 385 g/mol. The number of nitrogens with zero attached hydrogens (tertiary/aromatic N) is 1. The van der Waals surface area contributed by atoms with Crippen LogP contribution in [0.15, 0.2) is 35.9 Å². The van der Waals surface area contributed by atoms with Gasteiger partial charge in [-0.15, -0.1) is 0 Å². The van der Waals surface area contributed by atoms with Crippen LogP contribution < -0.4 is 5.32 Å². The molecule has 4 aliphatic heterocycles. The Balaban J connectivity index is 1.96. The maximum atomic E-state index is 13.5. The van der Waals surface area contributed by atoms with Crippen LogP contribution in [0.5, 0.6) is 0 Å². The van der Waals surface area contributed by atoms with E-state index in [1.54, 1.807) is 0 Å². The van der Waals surface area contributed by atoms with Crippen molar-refractivity contribution < 1.29 is 24.2 Å². The molecule has 3 saturated heterocycles. The van der Waals surface area contributed by atoms with Crippen LogP contribution in [-0.4, -0.2) is 66.3 Å². The number of ether oxygens (including phenoxy) is 1. The number of carbonyl (C=O) groups excluding carboxylic acids is 1. The lowest BCUT2D eigenvalue weighted by Gasteiger charge is -2.58. The molecule has 150 valence electrons. The first-order valence-electron chi connectivity index (χ1n) is 10.1. The number of anilines is 1. The molecule has 0 amide bonds. The van der Waals surface area contributed by atoms with Crippen LogP contribution in [0.2, 0.25) is 0 Å². The molecule has 6 atom stereocenters. The van der Waals surface area contributed by atoms with Crippen LogP contribution in [0.4, 0.5) is 5.69 Å². The highest BCUT2D eigenvalue weighted by atomic mass is 16.5. The molecule has 4 bridgehead atoms. The second-order valence-corrected chi connectivity index (χ2v) is 9.16. The molecule has 4 heterocycles. The first kappa shape index (κ1) is 18.2. The summed E-state index contributed by atoms with van der Waals surface area (Å²) >= 11 is 0. The molecule has 5 aliphatic rings. The summed E-state index contributed by atoms with van der Waals surface area (Å²) in [6, 6.07) is 8.04. The monoisotopic (exact) mass is 385 g/mol. The van der Waals surface area contributed by atoms with E-state index in [1.807, 2.05) is 25.1 Å². The number of rotatable bonds is 2. The van der Waals surface area contributed by atoms with Gasteiger partial charge in [0, 0.05) is 18.0 Å². The van der Waals surface area contributed by atoms with Gasteiger partial charge in [0.25, 0.3) is 0 Å². The number of para-hydroxylation sites is 1. The van der Waals surface area contributed by atoms with Crippen molar-refractivity contribution in [3.63, 3.8) is 0 Å². The zero-order chi connectivity index (χ0) is 19.9. The molecular weight excluding hydrogens is 356 g/mol. The Hall–Kier alpha value is -1.89. The number of carbonyl (C=O) groups is 1. The zero-order valence-electron chi connectivity index (χ0n) is 16.7. The van der Waals surface area contributed by atoms with E-state index < -0.39 is 22.6 Å². The molecule has 6 nitrogen and oxygen atoms in total. The van der Waals surface area contributed by atoms with Gasteiger partial charge in [-0.05, 0) is 30.5 Å². The average Bonchev–Trinajstić information content (AvgIpc) is 3.12. The van der Waals surface area contributed by atoms with Gasteiger partial charge in [-0.1, -0.05) is 24.3 Å². The maximum Gasteiger partial charge on any atom is 0.316 e. The van der Waals surface area contributed by atoms with E-state index in [9.17, 15) is 15.0 Å². The topological polar surface area (TPSA) is 78.8 Å². The van der Waals surface area contributed by atoms with Gasteiger partial charge in [-0.25, -0.2) is 0 Å². The molecule has 3 N–H and O–H groups in total. The standard InChI is InChI=1S/C22H29N2O4/c1-4-14-12-24(2)10-9-21-15-7-5-6-8-17(15)23-22(21,24)18(26)11-16(14)20(21,13-25)19(27)28-3/h4-8,16,18,23,25-26H,9-13H2,1-3H3/q+1/b14-4+/t16-,18-,20?,21+,22?,24?/m1/s1. The number of allylic oxidation sites excluding steroid dienone is 1. The molecule has 1 aliphatic carbocycles. The molecule has 28 heavy (non-hydrogen) atoms. The second kappa shape index (κ2) is 5.38. The molecule has 6 heteroatoms. The Bertz CT molecular complexity index is 900. The lowest BCUT2D eigenvalue weighted by molar-refractivity contribution is -0.944. The van der Waals surface area contributed by atoms with E-state index in [2.05, 4.69) is 24.5 Å². The fraction of sp³-hybridized carbons (Fsp3) is 0.591. The van der Waals surface area contributed by atoms with Gasteiger partial charge >= 0.3 is 5.97 Å². The normalized spacial score (nSPS) is 46.7. The van der Waals surface area contributed by atoms with Gasteiger partial charge in [-0.2, -0.15) is 0 Å². The number of hydrogen-bond donors (Lipinski definition) is 3. The highest BCUT2D eigenvalue weighted by Crippen LogP contribution is 2.74. The van der Waals surface area contributed by atoms with Crippen LogP contribution in [0.1, 0.15) is 25.3 Å². The minimum absolute atomic E-state index is 0.258. The molecule has 1 aromatic rings. The van der Waals surface area contributed by atoms with Crippen molar-refractivity contribution in [1.29, 1.82) is 0 Å². The van der Waals surface area contributed by atoms with Gasteiger partial charge in [0.1, 0.15) is 18.1 Å². The smallest absolute Gasteiger partial charge is 0.316 e. The fourth-order valence-corrected chi connectivity index (χ4v) is 7.70. The summed E-state index contributed by atoms with van der Waals surface area (Å²) in [7, 11) is 3.59. The minimum Gasteiger partial charge on any atom is -0.468 e. The van der Waals surface area contributed by atoms with E-state index in [0.29, 0.717) is 17.3 Å². The largest absolute Gasteiger partial charge is 0.468 e. The van der Waals surface area contributed by atoms with E-state index in [-0.39, 0.29) is 18.5 Å². The number of esters is 1. The van der Waals surface area contributed by atoms with Gasteiger partial charge in [0.15, 0.2) is 0 Å². The lowest BCUT2D eigenvalue weighted by atomic mass is 9.45. The van der Waals surface area contributed by atoms with Crippen molar-refractivity contribution in [1.82, 2.24) is 0 Å². The van der Waals surface area contributed by atoms with Crippen molar-refractivity contribution in [3.05, 3.63) is 41.5 Å². The molecule has 1 aromatic carbocycles. The molecule has 3 unspecified atom stereocenters. The van der Waals surface area contributed by atoms with Crippen molar-refractivity contribution in [2.45, 2.75) is 36.9 Å². The number of benzene rings is 1. The third kappa shape index (κ3) is 1.52. The SMILES string of the molecule is C/C=C1\C[N+]2(C)CC[C@@]34c5ccccc5NC32[C@H](O)C[C@H]1C4(CO)C(=O)OC. The minimum atomic E-state index is -1.13. The summed E-state index contributed by atoms with van der Waals surface area (Å²) in [6.45, 7) is 3.26. The number of fused-ring (bicyclic) bond motifs is 3. The van der Waals surface area contributed by atoms with Crippen molar-refractivity contribution in [3.8, 4) is 0 Å². The Kier molecular flexibility index (Phi) is 3.49. The van der Waals surface area contributed by atoms with Gasteiger partial charge in [0.2, 0.25) is 5.66 Å². The maximum absolute atomic E-state index is 13.5. The fourth-order valence-electron chi connectivity index (χ4n) is 7.70. The van der Waals surface area contributed by atoms with Crippen LogP contribution >= 0.6 is 0 Å². The lowest BCUT2D eigenvalue weighted by Crippen LogP contribution is -2.78. The summed E-state index contributed by atoms with van der Waals surface area (Å²) in [5, 5.41) is 26.2. The van der Waals surface area contributed by atoms with Gasteiger partial charge in [-0.3, -0.25) is 9.28 Å². The molecule has 1 spiro atoms. The van der Waals surface area contributed by atoms with E-state index in [1.165, 1.54) is 7.11 Å². The summed E-state index contributed by atoms with van der Waals surface area (Å²) in [6.07, 6.45) is 2.59. The first-order chi connectivity index (χ1) is 13.4. The number of hydrogen-bond acceptors (Lipinski definition) is 5. The number of nitrogens with one attached hydrogen (secondary N) is 1. The van der Waals surface area contributed by atoms with Gasteiger partial charge in [0.05, 0.1) is 32.7 Å². The van der Waals surface area contributed by atoms with E-state index >= 15 is 0 Å². The highest BCUT2D eigenvalue weighted by molar-refractivity contribution is 5.85. The van der Waals surface area contributed by atoms with Crippen molar-refractivity contribution in [2.24, 2.45) is 11.3 Å². The van der Waals surface area contributed by atoms with E-state index in [0.717, 1.165) is 29.9 Å².